The zero-order chi connectivity index (χ0) is 14.6. The van der Waals surface area contributed by atoms with E-state index in [1.54, 1.807) is 18.3 Å². The van der Waals surface area contributed by atoms with E-state index in [1.165, 1.54) is 0 Å². The normalized spacial score (nSPS) is 21.7. The van der Waals surface area contributed by atoms with E-state index in [9.17, 15) is 4.79 Å². The topological polar surface area (TPSA) is 53.9 Å². The van der Waals surface area contributed by atoms with Crippen molar-refractivity contribution in [2.24, 2.45) is 5.16 Å². The zero-order valence-corrected chi connectivity index (χ0v) is 13.0. The molecule has 0 spiro atoms. The third kappa shape index (κ3) is 3.58. The summed E-state index contributed by atoms with van der Waals surface area (Å²) in [5.41, 5.74) is -0.0248. The standard InChI is InChI=1S/C14H21N3O2S/c1-14(13(18)15-7-5-8-17(2)3)10-11(16-19-14)12-6-4-9-20-12/h4,6,9H,5,7-8,10H2,1-3H3,(H,15,18). The van der Waals surface area contributed by atoms with Crippen LogP contribution in [-0.4, -0.2) is 49.3 Å². The van der Waals surface area contributed by atoms with Crippen molar-refractivity contribution in [3.05, 3.63) is 22.4 Å². The maximum Gasteiger partial charge on any atom is 0.267 e. The van der Waals surface area contributed by atoms with Crippen LogP contribution >= 0.6 is 11.3 Å². The lowest BCUT2D eigenvalue weighted by atomic mass is 9.98. The van der Waals surface area contributed by atoms with Crippen LogP contribution in [0.4, 0.5) is 0 Å². The third-order valence-corrected chi connectivity index (χ3v) is 4.13. The fourth-order valence-electron chi connectivity index (χ4n) is 2.02. The minimum absolute atomic E-state index is 0.0911. The highest BCUT2D eigenvalue weighted by Crippen LogP contribution is 2.28. The molecule has 5 nitrogen and oxygen atoms in total. The molecule has 0 bridgehead atoms. The molecule has 1 N–H and O–H groups in total. The molecule has 1 aliphatic heterocycles. The maximum absolute atomic E-state index is 12.2. The van der Waals surface area contributed by atoms with Gasteiger partial charge in [-0.05, 0) is 45.4 Å². The third-order valence-electron chi connectivity index (χ3n) is 3.22. The van der Waals surface area contributed by atoms with Crippen molar-refractivity contribution in [1.29, 1.82) is 0 Å². The monoisotopic (exact) mass is 295 g/mol. The Labute approximate surface area is 123 Å². The molecule has 0 fully saturated rings. The Bertz CT molecular complexity index is 485. The van der Waals surface area contributed by atoms with Crippen LogP contribution in [-0.2, 0) is 9.63 Å². The second kappa shape index (κ2) is 6.37. The molecule has 0 saturated heterocycles. The summed E-state index contributed by atoms with van der Waals surface area (Å²) in [5, 5.41) is 8.99. The van der Waals surface area contributed by atoms with Crippen molar-refractivity contribution in [1.82, 2.24) is 10.2 Å². The number of nitrogens with zero attached hydrogens (tertiary/aromatic N) is 2. The van der Waals surface area contributed by atoms with Gasteiger partial charge in [-0.25, -0.2) is 0 Å². The molecule has 1 amide bonds. The molecular formula is C14H21N3O2S. The van der Waals surface area contributed by atoms with Crippen molar-refractivity contribution in [2.45, 2.75) is 25.4 Å². The van der Waals surface area contributed by atoms with Gasteiger partial charge in [0, 0.05) is 13.0 Å². The van der Waals surface area contributed by atoms with Crippen molar-refractivity contribution < 1.29 is 9.63 Å². The SMILES string of the molecule is CN(C)CCCNC(=O)C1(C)CC(c2cccs2)=NO1. The van der Waals surface area contributed by atoms with Gasteiger partial charge in [-0.2, -0.15) is 0 Å². The second-order valence-electron chi connectivity index (χ2n) is 5.43. The smallest absolute Gasteiger partial charge is 0.267 e. The predicted molar refractivity (Wildman–Crippen MR) is 81.1 cm³/mol. The Balaban J connectivity index is 1.82. The quantitative estimate of drug-likeness (QED) is 0.813. The van der Waals surface area contributed by atoms with Gasteiger partial charge < -0.3 is 15.1 Å². The summed E-state index contributed by atoms with van der Waals surface area (Å²) in [6, 6.07) is 3.97. The van der Waals surface area contributed by atoms with Gasteiger partial charge in [0.1, 0.15) is 5.71 Å². The van der Waals surface area contributed by atoms with Gasteiger partial charge in [-0.3, -0.25) is 4.79 Å². The highest BCUT2D eigenvalue weighted by molar-refractivity contribution is 7.12. The summed E-state index contributed by atoms with van der Waals surface area (Å²) in [6.45, 7) is 3.40. The number of carbonyl (C=O) groups excluding carboxylic acids is 1. The Morgan fingerprint density at radius 1 is 1.60 bits per heavy atom. The average molecular weight is 295 g/mol. The van der Waals surface area contributed by atoms with Gasteiger partial charge in [0.25, 0.3) is 5.91 Å². The number of amides is 1. The van der Waals surface area contributed by atoms with E-state index in [0.29, 0.717) is 13.0 Å². The molecule has 2 heterocycles. The van der Waals surface area contributed by atoms with E-state index in [1.807, 2.05) is 31.6 Å². The number of hydrogen-bond acceptors (Lipinski definition) is 5. The number of rotatable bonds is 6. The number of carbonyl (C=O) groups is 1. The van der Waals surface area contributed by atoms with Gasteiger partial charge in [0.15, 0.2) is 0 Å². The van der Waals surface area contributed by atoms with Crippen LogP contribution in [0.25, 0.3) is 0 Å². The average Bonchev–Trinajstić information content (AvgIpc) is 3.03. The van der Waals surface area contributed by atoms with Crippen molar-refractivity contribution >= 4 is 23.0 Å². The summed E-state index contributed by atoms with van der Waals surface area (Å²) in [5.74, 6) is -0.0911. The molecule has 0 aromatic carbocycles. The van der Waals surface area contributed by atoms with Crippen molar-refractivity contribution in [3.8, 4) is 0 Å². The van der Waals surface area contributed by atoms with Gasteiger partial charge in [-0.15, -0.1) is 11.3 Å². The fraction of sp³-hybridized carbons (Fsp3) is 0.571. The molecule has 6 heteroatoms. The second-order valence-corrected chi connectivity index (χ2v) is 6.37. The highest BCUT2D eigenvalue weighted by Gasteiger charge is 2.42. The molecule has 1 unspecified atom stereocenters. The number of nitrogens with one attached hydrogen (secondary N) is 1. The van der Waals surface area contributed by atoms with Crippen LogP contribution < -0.4 is 5.32 Å². The predicted octanol–water partition coefficient (Wildman–Crippen LogP) is 1.70. The first-order valence-corrected chi connectivity index (χ1v) is 7.61. The lowest BCUT2D eigenvalue weighted by molar-refractivity contribution is -0.141. The largest absolute Gasteiger partial charge is 0.379 e. The molecule has 1 atom stereocenters. The zero-order valence-electron chi connectivity index (χ0n) is 12.2. The Morgan fingerprint density at radius 3 is 3.05 bits per heavy atom. The van der Waals surface area contributed by atoms with E-state index >= 15 is 0 Å². The summed E-state index contributed by atoms with van der Waals surface area (Å²) >= 11 is 1.61. The van der Waals surface area contributed by atoms with Gasteiger partial charge >= 0.3 is 0 Å². The van der Waals surface area contributed by atoms with Crippen LogP contribution in [0.15, 0.2) is 22.7 Å². The van der Waals surface area contributed by atoms with E-state index in [2.05, 4.69) is 15.4 Å². The molecule has 0 saturated carbocycles. The van der Waals surface area contributed by atoms with Crippen LogP contribution in [0.1, 0.15) is 24.6 Å². The van der Waals surface area contributed by atoms with E-state index < -0.39 is 5.60 Å². The minimum Gasteiger partial charge on any atom is -0.379 e. The summed E-state index contributed by atoms with van der Waals surface area (Å²) in [7, 11) is 4.04. The maximum atomic E-state index is 12.2. The van der Waals surface area contributed by atoms with Crippen LogP contribution in [0.5, 0.6) is 0 Å². The molecular weight excluding hydrogens is 274 g/mol. The highest BCUT2D eigenvalue weighted by atomic mass is 32.1. The number of thiophene rings is 1. The van der Waals surface area contributed by atoms with Gasteiger partial charge in [-0.1, -0.05) is 11.2 Å². The number of hydrogen-bond donors (Lipinski definition) is 1. The molecule has 110 valence electrons. The van der Waals surface area contributed by atoms with Crippen molar-refractivity contribution in [3.63, 3.8) is 0 Å². The van der Waals surface area contributed by atoms with Crippen molar-refractivity contribution in [2.75, 3.05) is 27.2 Å². The van der Waals surface area contributed by atoms with Gasteiger partial charge in [0.05, 0.1) is 4.88 Å². The summed E-state index contributed by atoms with van der Waals surface area (Å²) < 4.78 is 0. The molecule has 0 aliphatic carbocycles. The minimum atomic E-state index is -0.878. The molecule has 0 radical (unpaired) electrons. The van der Waals surface area contributed by atoms with Crippen LogP contribution in [0, 0.1) is 0 Å². The Morgan fingerprint density at radius 2 is 2.40 bits per heavy atom. The van der Waals surface area contributed by atoms with E-state index in [-0.39, 0.29) is 5.91 Å². The lowest BCUT2D eigenvalue weighted by Gasteiger charge is -2.20. The lowest BCUT2D eigenvalue weighted by Crippen LogP contribution is -2.45. The molecule has 1 aromatic rings. The van der Waals surface area contributed by atoms with Crippen LogP contribution in [0.2, 0.25) is 0 Å². The molecule has 2 rings (SSSR count). The first-order valence-electron chi connectivity index (χ1n) is 6.73. The van der Waals surface area contributed by atoms with E-state index in [0.717, 1.165) is 23.6 Å². The Kier molecular flexibility index (Phi) is 4.77. The fourth-order valence-corrected chi connectivity index (χ4v) is 2.73. The van der Waals surface area contributed by atoms with Gasteiger partial charge in [0.2, 0.25) is 5.60 Å². The first kappa shape index (κ1) is 15.0. The first-order chi connectivity index (χ1) is 9.51. The number of oxime groups is 1. The Hall–Kier alpha value is -1.40. The van der Waals surface area contributed by atoms with E-state index in [4.69, 9.17) is 4.84 Å². The summed E-state index contributed by atoms with van der Waals surface area (Å²) in [6.07, 6.45) is 1.44. The summed E-state index contributed by atoms with van der Waals surface area (Å²) in [4.78, 5) is 20.8. The molecule has 1 aromatic heterocycles. The molecule has 20 heavy (non-hydrogen) atoms. The molecule has 1 aliphatic rings. The van der Waals surface area contributed by atoms with Crippen LogP contribution in [0.3, 0.4) is 0 Å².